The van der Waals surface area contributed by atoms with Gasteiger partial charge >= 0.3 is 0 Å². The minimum Gasteiger partial charge on any atom is -0.369 e. The largest absolute Gasteiger partial charge is 0.369 e. The Morgan fingerprint density at radius 2 is 1.66 bits per heavy atom. The number of hydrogen-bond donors (Lipinski definition) is 2. The summed E-state index contributed by atoms with van der Waals surface area (Å²) in [6.45, 7) is 10.4. The highest BCUT2D eigenvalue weighted by molar-refractivity contribution is 6.11. The molecule has 3 aromatic heterocycles. The number of hydrogen-bond acceptors (Lipinski definition) is 4. The molecule has 0 amide bonds. The number of aromatic amines is 2. The first kappa shape index (κ1) is 21.8. The minimum absolute atomic E-state index is 0.133. The fourth-order valence-electron chi connectivity index (χ4n) is 5.24. The molecule has 1 aliphatic heterocycles. The van der Waals surface area contributed by atoms with Crippen LogP contribution in [0.3, 0.4) is 0 Å². The lowest BCUT2D eigenvalue weighted by molar-refractivity contribution is 0.209. The number of rotatable bonds is 3. The summed E-state index contributed by atoms with van der Waals surface area (Å²) in [6.07, 6.45) is 0. The monoisotopic (exact) mass is 469 g/mol. The van der Waals surface area contributed by atoms with Crippen molar-refractivity contribution in [2.24, 2.45) is 0 Å². The second-order valence-electron chi connectivity index (χ2n) is 9.78. The number of anilines is 1. The number of piperazine rings is 1. The molecule has 5 aromatic rings. The third-order valence-corrected chi connectivity index (χ3v) is 7.22. The van der Waals surface area contributed by atoms with Crippen LogP contribution in [0.4, 0.5) is 10.1 Å². The highest BCUT2D eigenvalue weighted by Crippen LogP contribution is 2.33. The summed E-state index contributed by atoms with van der Waals surface area (Å²) >= 11 is 0. The predicted molar refractivity (Wildman–Crippen MR) is 141 cm³/mol. The molecular weight excluding hydrogens is 441 g/mol. The van der Waals surface area contributed by atoms with Crippen LogP contribution in [0.15, 0.2) is 53.3 Å². The van der Waals surface area contributed by atoms with Crippen LogP contribution < -0.4 is 10.5 Å². The Hall–Kier alpha value is -3.71. The van der Waals surface area contributed by atoms with Gasteiger partial charge in [0, 0.05) is 70.8 Å². The molecule has 0 bridgehead atoms. The Bertz CT molecular complexity index is 1630. The van der Waals surface area contributed by atoms with Crippen molar-refractivity contribution < 1.29 is 4.39 Å². The first-order valence-electron chi connectivity index (χ1n) is 12.1. The van der Waals surface area contributed by atoms with Gasteiger partial charge in [0.25, 0.3) is 5.56 Å². The summed E-state index contributed by atoms with van der Waals surface area (Å²) in [7, 11) is 0. The van der Waals surface area contributed by atoms with Gasteiger partial charge in [-0.2, -0.15) is 4.39 Å². The maximum Gasteiger partial charge on any atom is 0.256 e. The molecule has 1 fully saturated rings. The van der Waals surface area contributed by atoms with E-state index in [1.165, 1.54) is 0 Å². The lowest BCUT2D eigenvalue weighted by Gasteiger charge is -2.38. The van der Waals surface area contributed by atoms with Crippen LogP contribution in [0, 0.1) is 12.9 Å². The standard InChI is InChI=1S/C28H28FN5O/c1-16(2)33-8-10-34(11-9-33)20-6-4-18(5-7-20)21-14-24-23-13-19-12-17(3)30-28(35)22(19)15-25(23)31-27(24)32-26(21)29/h4-7,12-16H,8-11H2,1-3H3,(H,30,35)(H,31,32). The first-order chi connectivity index (χ1) is 16.9. The number of aromatic nitrogens is 3. The lowest BCUT2D eigenvalue weighted by atomic mass is 10.0. The average Bonchev–Trinajstić information content (AvgIpc) is 3.18. The first-order valence-corrected chi connectivity index (χ1v) is 12.1. The molecule has 1 aliphatic rings. The Labute approximate surface area is 202 Å². The SMILES string of the molecule is Cc1cc2cc3c(cc2c(=O)[nH]1)[nH]c1nc(F)c(-c2ccc(N4CCN(C(C)C)CC4)cc2)cc13. The van der Waals surface area contributed by atoms with Crippen LogP contribution in [-0.2, 0) is 0 Å². The van der Waals surface area contributed by atoms with Crippen molar-refractivity contribution in [3.05, 3.63) is 70.5 Å². The van der Waals surface area contributed by atoms with E-state index in [0.717, 1.165) is 64.8 Å². The van der Waals surface area contributed by atoms with Crippen LogP contribution in [-0.4, -0.2) is 52.1 Å². The molecule has 35 heavy (non-hydrogen) atoms. The summed E-state index contributed by atoms with van der Waals surface area (Å²) in [5.41, 5.74) is 4.33. The summed E-state index contributed by atoms with van der Waals surface area (Å²) in [5, 5.41) is 3.21. The normalized spacial score (nSPS) is 15.2. The van der Waals surface area contributed by atoms with Gasteiger partial charge in [-0.25, -0.2) is 4.98 Å². The Kier molecular flexibility index (Phi) is 5.11. The van der Waals surface area contributed by atoms with Crippen molar-refractivity contribution in [2.45, 2.75) is 26.8 Å². The van der Waals surface area contributed by atoms with Gasteiger partial charge in [-0.15, -0.1) is 0 Å². The molecule has 0 aliphatic carbocycles. The molecule has 6 rings (SSSR count). The summed E-state index contributed by atoms with van der Waals surface area (Å²) in [6, 6.07) is 16.3. The molecule has 0 radical (unpaired) electrons. The lowest BCUT2D eigenvalue weighted by Crippen LogP contribution is -2.48. The van der Waals surface area contributed by atoms with Crippen LogP contribution >= 0.6 is 0 Å². The van der Waals surface area contributed by atoms with Crippen molar-refractivity contribution in [1.29, 1.82) is 0 Å². The minimum atomic E-state index is -0.513. The number of pyridine rings is 2. The van der Waals surface area contributed by atoms with E-state index < -0.39 is 5.95 Å². The van der Waals surface area contributed by atoms with Crippen LogP contribution in [0.2, 0.25) is 0 Å². The van der Waals surface area contributed by atoms with Gasteiger partial charge in [0.1, 0.15) is 5.65 Å². The third kappa shape index (κ3) is 3.76. The van der Waals surface area contributed by atoms with Gasteiger partial charge in [0.2, 0.25) is 5.95 Å². The molecule has 0 saturated carbocycles. The number of halogens is 1. The number of fused-ring (bicyclic) bond motifs is 4. The van der Waals surface area contributed by atoms with Gasteiger partial charge in [0.15, 0.2) is 0 Å². The smallest absolute Gasteiger partial charge is 0.256 e. The molecule has 4 heterocycles. The highest BCUT2D eigenvalue weighted by Gasteiger charge is 2.19. The number of H-pyrrole nitrogens is 2. The average molecular weight is 470 g/mol. The second kappa shape index (κ2) is 8.20. The fraction of sp³-hybridized carbons (Fsp3) is 0.286. The quantitative estimate of drug-likeness (QED) is 0.356. The topological polar surface area (TPSA) is 68.0 Å². The van der Waals surface area contributed by atoms with Gasteiger partial charge in [0.05, 0.1) is 0 Å². The van der Waals surface area contributed by atoms with Crippen molar-refractivity contribution in [1.82, 2.24) is 19.9 Å². The molecule has 2 aromatic carbocycles. The van der Waals surface area contributed by atoms with Crippen molar-refractivity contribution in [2.75, 3.05) is 31.1 Å². The number of nitrogens with one attached hydrogen (secondary N) is 2. The molecular formula is C28H28FN5O. The Morgan fingerprint density at radius 3 is 2.37 bits per heavy atom. The van der Waals surface area contributed by atoms with Crippen LogP contribution in [0.5, 0.6) is 0 Å². The van der Waals surface area contributed by atoms with Gasteiger partial charge < -0.3 is 14.9 Å². The van der Waals surface area contributed by atoms with Crippen molar-refractivity contribution >= 4 is 38.4 Å². The van der Waals surface area contributed by atoms with E-state index in [-0.39, 0.29) is 5.56 Å². The van der Waals surface area contributed by atoms with E-state index >= 15 is 4.39 Å². The van der Waals surface area contributed by atoms with E-state index in [4.69, 9.17) is 0 Å². The third-order valence-electron chi connectivity index (χ3n) is 7.22. The molecule has 6 nitrogen and oxygen atoms in total. The molecule has 0 spiro atoms. The van der Waals surface area contributed by atoms with Crippen LogP contribution in [0.25, 0.3) is 43.8 Å². The van der Waals surface area contributed by atoms with E-state index in [9.17, 15) is 4.79 Å². The zero-order valence-electron chi connectivity index (χ0n) is 20.2. The van der Waals surface area contributed by atoms with Gasteiger partial charge in [-0.05, 0) is 68.1 Å². The molecule has 0 atom stereocenters. The van der Waals surface area contributed by atoms with Crippen LogP contribution in [0.1, 0.15) is 19.5 Å². The molecule has 1 saturated heterocycles. The number of aryl methyl sites for hydroxylation is 1. The fourth-order valence-corrected chi connectivity index (χ4v) is 5.24. The molecule has 178 valence electrons. The van der Waals surface area contributed by atoms with E-state index in [1.807, 2.05) is 43.3 Å². The second-order valence-corrected chi connectivity index (χ2v) is 9.78. The number of benzene rings is 2. The summed E-state index contributed by atoms with van der Waals surface area (Å²) in [4.78, 5) is 27.5. The van der Waals surface area contributed by atoms with Crippen molar-refractivity contribution in [3.63, 3.8) is 0 Å². The zero-order chi connectivity index (χ0) is 24.3. The van der Waals surface area contributed by atoms with Crippen molar-refractivity contribution in [3.8, 4) is 11.1 Å². The molecule has 2 N–H and O–H groups in total. The molecule has 7 heteroatoms. The maximum absolute atomic E-state index is 15.1. The summed E-state index contributed by atoms with van der Waals surface area (Å²) in [5.74, 6) is -0.513. The summed E-state index contributed by atoms with van der Waals surface area (Å²) < 4.78 is 15.1. The van der Waals surface area contributed by atoms with E-state index in [0.29, 0.717) is 22.6 Å². The van der Waals surface area contributed by atoms with E-state index in [1.54, 1.807) is 0 Å². The highest BCUT2D eigenvalue weighted by atomic mass is 19.1. The van der Waals surface area contributed by atoms with Gasteiger partial charge in [-0.1, -0.05) is 12.1 Å². The van der Waals surface area contributed by atoms with E-state index in [2.05, 4.69) is 50.7 Å². The maximum atomic E-state index is 15.1. The number of nitrogens with zero attached hydrogens (tertiary/aromatic N) is 3. The van der Waals surface area contributed by atoms with Gasteiger partial charge in [-0.3, -0.25) is 9.69 Å². The molecule has 0 unspecified atom stereocenters. The Morgan fingerprint density at radius 1 is 0.914 bits per heavy atom. The zero-order valence-corrected chi connectivity index (χ0v) is 20.2. The Balaban J connectivity index is 1.38. The predicted octanol–water partition coefficient (Wildman–Crippen LogP) is 5.20.